The summed E-state index contributed by atoms with van der Waals surface area (Å²) in [6.07, 6.45) is 0. The smallest absolute Gasteiger partial charge is 0.0991 e. The summed E-state index contributed by atoms with van der Waals surface area (Å²) in [5.74, 6) is 0.319. The molecule has 0 aliphatic carbocycles. The van der Waals surface area contributed by atoms with Gasteiger partial charge in [-0.3, -0.25) is 0 Å². The van der Waals surface area contributed by atoms with E-state index >= 15 is 0 Å². The Hall–Kier alpha value is -2.18. The maximum atomic E-state index is 8.82. The van der Waals surface area contributed by atoms with Crippen LogP contribution in [0.15, 0.2) is 48.0 Å². The lowest BCUT2D eigenvalue weighted by molar-refractivity contribution is 0.924. The fourth-order valence-electron chi connectivity index (χ4n) is 2.18. The summed E-state index contributed by atoms with van der Waals surface area (Å²) in [5, 5.41) is 8.82. The van der Waals surface area contributed by atoms with E-state index in [1.807, 2.05) is 29.8 Å². The van der Waals surface area contributed by atoms with Crippen LogP contribution in [0.1, 0.15) is 29.5 Å². The fourth-order valence-corrected chi connectivity index (χ4v) is 2.91. The number of hydrogen-bond donors (Lipinski definition) is 0. The molecule has 3 heteroatoms. The average molecular weight is 264 g/mol. The molecule has 3 aromatic rings. The summed E-state index contributed by atoms with van der Waals surface area (Å²) < 4.78 is 1.22. The summed E-state index contributed by atoms with van der Waals surface area (Å²) in [6.45, 7) is 2.18. The lowest BCUT2D eigenvalue weighted by Gasteiger charge is -2.12. The van der Waals surface area contributed by atoms with E-state index < -0.39 is 0 Å². The molecular weight excluding hydrogens is 252 g/mol. The second kappa shape index (κ2) is 4.83. The Morgan fingerprint density at radius 2 is 1.84 bits per heavy atom. The molecule has 2 nitrogen and oxygen atoms in total. The number of benzene rings is 2. The third kappa shape index (κ3) is 2.23. The van der Waals surface area contributed by atoms with Gasteiger partial charge in [-0.15, -0.1) is 11.3 Å². The Kier molecular flexibility index (Phi) is 3.02. The van der Waals surface area contributed by atoms with E-state index in [2.05, 4.69) is 36.2 Å². The molecule has 0 saturated carbocycles. The molecule has 1 aromatic heterocycles. The fraction of sp³-hybridized carbons (Fsp3) is 0.125. The second-order valence-electron chi connectivity index (χ2n) is 4.54. The van der Waals surface area contributed by atoms with Crippen LogP contribution in [0, 0.1) is 11.3 Å². The molecule has 0 amide bonds. The van der Waals surface area contributed by atoms with E-state index in [0.29, 0.717) is 11.5 Å². The van der Waals surface area contributed by atoms with Gasteiger partial charge in [-0.25, -0.2) is 4.98 Å². The monoisotopic (exact) mass is 264 g/mol. The highest BCUT2D eigenvalue weighted by atomic mass is 32.1. The van der Waals surface area contributed by atoms with Gasteiger partial charge in [0.05, 0.1) is 27.4 Å². The Balaban J connectivity index is 1.97. The molecular formula is C16H12N2S. The van der Waals surface area contributed by atoms with Crippen LogP contribution in [-0.2, 0) is 0 Å². The Morgan fingerprint density at radius 3 is 2.58 bits per heavy atom. The standard InChI is InChI=1S/C16H12N2S/c1-11(13-4-2-12(9-17)3-5-13)14-6-7-15-16(8-14)19-10-18-15/h2-8,10-11H,1H3. The lowest BCUT2D eigenvalue weighted by atomic mass is 9.92. The van der Waals surface area contributed by atoms with Crippen molar-refractivity contribution in [2.75, 3.05) is 0 Å². The molecule has 1 atom stereocenters. The van der Waals surface area contributed by atoms with Gasteiger partial charge in [0, 0.05) is 5.92 Å². The highest BCUT2D eigenvalue weighted by molar-refractivity contribution is 7.16. The third-order valence-corrected chi connectivity index (χ3v) is 4.19. The molecule has 1 unspecified atom stereocenters. The number of nitriles is 1. The Labute approximate surface area is 116 Å². The molecule has 0 aliphatic rings. The summed E-state index contributed by atoms with van der Waals surface area (Å²) >= 11 is 1.67. The van der Waals surface area contributed by atoms with Gasteiger partial charge in [0.1, 0.15) is 0 Å². The van der Waals surface area contributed by atoms with Crippen molar-refractivity contribution in [3.8, 4) is 6.07 Å². The minimum absolute atomic E-state index is 0.319. The minimum atomic E-state index is 0.319. The van der Waals surface area contributed by atoms with E-state index in [1.165, 1.54) is 15.8 Å². The van der Waals surface area contributed by atoms with Gasteiger partial charge in [-0.2, -0.15) is 5.26 Å². The van der Waals surface area contributed by atoms with Crippen molar-refractivity contribution >= 4 is 21.6 Å². The molecule has 1 heterocycles. The summed E-state index contributed by atoms with van der Waals surface area (Å²) in [4.78, 5) is 4.30. The first-order valence-electron chi connectivity index (χ1n) is 6.11. The average Bonchev–Trinajstić information content (AvgIpc) is 2.94. The molecule has 0 bridgehead atoms. The highest BCUT2D eigenvalue weighted by Crippen LogP contribution is 2.28. The summed E-state index contributed by atoms with van der Waals surface area (Å²) in [6, 6.07) is 16.4. The van der Waals surface area contributed by atoms with E-state index in [1.54, 1.807) is 11.3 Å². The van der Waals surface area contributed by atoms with Gasteiger partial charge in [0.15, 0.2) is 0 Å². The Bertz CT molecular complexity index is 750. The third-order valence-electron chi connectivity index (χ3n) is 3.40. The zero-order valence-corrected chi connectivity index (χ0v) is 11.3. The first kappa shape index (κ1) is 11.9. The number of hydrogen-bond acceptors (Lipinski definition) is 3. The van der Waals surface area contributed by atoms with Crippen LogP contribution in [-0.4, -0.2) is 4.98 Å². The highest BCUT2D eigenvalue weighted by Gasteiger charge is 2.09. The van der Waals surface area contributed by atoms with Crippen LogP contribution in [0.2, 0.25) is 0 Å². The van der Waals surface area contributed by atoms with Gasteiger partial charge >= 0.3 is 0 Å². The molecule has 0 saturated heterocycles. The topological polar surface area (TPSA) is 36.7 Å². The molecule has 0 radical (unpaired) electrons. The van der Waals surface area contributed by atoms with Gasteiger partial charge in [0.2, 0.25) is 0 Å². The normalized spacial score (nSPS) is 12.2. The first-order chi connectivity index (χ1) is 9.28. The minimum Gasteiger partial charge on any atom is -0.245 e. The zero-order valence-electron chi connectivity index (χ0n) is 10.5. The Morgan fingerprint density at radius 1 is 1.11 bits per heavy atom. The van der Waals surface area contributed by atoms with Crippen molar-refractivity contribution in [1.82, 2.24) is 4.98 Å². The van der Waals surface area contributed by atoms with E-state index in [9.17, 15) is 0 Å². The predicted octanol–water partition coefficient (Wildman–Crippen LogP) is 4.32. The number of rotatable bonds is 2. The zero-order chi connectivity index (χ0) is 13.2. The van der Waals surface area contributed by atoms with Crippen molar-refractivity contribution < 1.29 is 0 Å². The number of fused-ring (bicyclic) bond motifs is 1. The van der Waals surface area contributed by atoms with Crippen molar-refractivity contribution in [2.45, 2.75) is 12.8 Å². The van der Waals surface area contributed by atoms with Crippen molar-refractivity contribution in [1.29, 1.82) is 5.26 Å². The first-order valence-corrected chi connectivity index (χ1v) is 6.99. The SMILES string of the molecule is CC(c1ccc(C#N)cc1)c1ccc2ncsc2c1. The van der Waals surface area contributed by atoms with E-state index in [4.69, 9.17) is 5.26 Å². The van der Waals surface area contributed by atoms with Crippen LogP contribution < -0.4 is 0 Å². The number of nitrogens with zero attached hydrogens (tertiary/aromatic N) is 2. The molecule has 0 spiro atoms. The molecule has 2 aromatic carbocycles. The molecule has 19 heavy (non-hydrogen) atoms. The van der Waals surface area contributed by atoms with Crippen molar-refractivity contribution in [2.24, 2.45) is 0 Å². The molecule has 3 rings (SSSR count). The maximum absolute atomic E-state index is 8.82. The second-order valence-corrected chi connectivity index (χ2v) is 5.42. The van der Waals surface area contributed by atoms with Crippen molar-refractivity contribution in [3.63, 3.8) is 0 Å². The van der Waals surface area contributed by atoms with Crippen LogP contribution >= 0.6 is 11.3 Å². The van der Waals surface area contributed by atoms with Crippen LogP contribution in [0.4, 0.5) is 0 Å². The van der Waals surface area contributed by atoms with Gasteiger partial charge in [-0.1, -0.05) is 25.1 Å². The van der Waals surface area contributed by atoms with Crippen LogP contribution in [0.5, 0.6) is 0 Å². The molecule has 92 valence electrons. The quantitative estimate of drug-likeness (QED) is 0.691. The lowest BCUT2D eigenvalue weighted by Crippen LogP contribution is -1.95. The van der Waals surface area contributed by atoms with Crippen molar-refractivity contribution in [3.05, 3.63) is 64.7 Å². The van der Waals surface area contributed by atoms with Crippen LogP contribution in [0.25, 0.3) is 10.2 Å². The largest absolute Gasteiger partial charge is 0.245 e. The van der Waals surface area contributed by atoms with Gasteiger partial charge < -0.3 is 0 Å². The molecule has 0 aliphatic heterocycles. The molecule has 0 fully saturated rings. The van der Waals surface area contributed by atoms with Gasteiger partial charge in [-0.05, 0) is 35.4 Å². The maximum Gasteiger partial charge on any atom is 0.0991 e. The number of thiazole rings is 1. The molecule has 0 N–H and O–H groups in total. The summed E-state index contributed by atoms with van der Waals surface area (Å²) in [5.41, 5.74) is 6.14. The predicted molar refractivity (Wildman–Crippen MR) is 78.3 cm³/mol. The van der Waals surface area contributed by atoms with Gasteiger partial charge in [0.25, 0.3) is 0 Å². The summed E-state index contributed by atoms with van der Waals surface area (Å²) in [7, 11) is 0. The van der Waals surface area contributed by atoms with Crippen LogP contribution in [0.3, 0.4) is 0 Å². The van der Waals surface area contributed by atoms with E-state index in [-0.39, 0.29) is 0 Å². The number of aromatic nitrogens is 1. The van der Waals surface area contributed by atoms with E-state index in [0.717, 1.165) is 5.52 Å².